The van der Waals surface area contributed by atoms with E-state index in [4.69, 9.17) is 0 Å². The van der Waals surface area contributed by atoms with Crippen molar-refractivity contribution >= 4 is 11.7 Å². The van der Waals surface area contributed by atoms with Gasteiger partial charge >= 0.3 is 0 Å². The Bertz CT molecular complexity index is 555. The second kappa shape index (κ2) is 5.88. The van der Waals surface area contributed by atoms with Crippen LogP contribution in [0.3, 0.4) is 0 Å². The van der Waals surface area contributed by atoms with E-state index in [9.17, 15) is 4.79 Å². The van der Waals surface area contributed by atoms with Gasteiger partial charge < -0.3 is 15.1 Å². The van der Waals surface area contributed by atoms with Crippen LogP contribution in [-0.2, 0) is 0 Å². The van der Waals surface area contributed by atoms with E-state index in [0.29, 0.717) is 12.1 Å². The first kappa shape index (κ1) is 14.0. The van der Waals surface area contributed by atoms with E-state index < -0.39 is 0 Å². The Morgan fingerprint density at radius 1 is 1.14 bits per heavy atom. The molecule has 2 unspecified atom stereocenters. The number of amides is 1. The molecule has 1 amide bonds. The van der Waals surface area contributed by atoms with Gasteiger partial charge in [0.15, 0.2) is 0 Å². The van der Waals surface area contributed by atoms with Gasteiger partial charge in [-0.1, -0.05) is 0 Å². The molecule has 3 aliphatic heterocycles. The number of carbonyl (C=O) groups excluding carboxylic acids is 1. The highest BCUT2D eigenvalue weighted by Gasteiger charge is 2.32. The summed E-state index contributed by atoms with van der Waals surface area (Å²) in [6.45, 7) is 3.73. The molecule has 0 spiro atoms. The number of rotatable bonds is 2. The monoisotopic (exact) mass is 300 g/mol. The molecule has 5 nitrogen and oxygen atoms in total. The van der Waals surface area contributed by atoms with Crippen LogP contribution >= 0.6 is 0 Å². The van der Waals surface area contributed by atoms with E-state index in [0.717, 1.165) is 44.0 Å². The lowest BCUT2D eigenvalue weighted by Gasteiger charge is -2.26. The molecule has 1 N–H and O–H groups in total. The summed E-state index contributed by atoms with van der Waals surface area (Å²) < 4.78 is 0. The number of anilines is 1. The van der Waals surface area contributed by atoms with Crippen LogP contribution in [0.15, 0.2) is 18.3 Å². The van der Waals surface area contributed by atoms with E-state index in [-0.39, 0.29) is 5.91 Å². The minimum atomic E-state index is 0.157. The summed E-state index contributed by atoms with van der Waals surface area (Å²) in [6, 6.07) is 4.91. The van der Waals surface area contributed by atoms with E-state index in [2.05, 4.69) is 15.2 Å². The van der Waals surface area contributed by atoms with Crippen molar-refractivity contribution in [1.82, 2.24) is 15.2 Å². The van der Waals surface area contributed by atoms with Crippen molar-refractivity contribution in [3.05, 3.63) is 23.9 Å². The molecule has 2 atom stereocenters. The zero-order valence-corrected chi connectivity index (χ0v) is 13.0. The Labute approximate surface area is 131 Å². The quantitative estimate of drug-likeness (QED) is 0.902. The topological polar surface area (TPSA) is 48.5 Å². The fraction of sp³-hybridized carbons (Fsp3) is 0.647. The minimum absolute atomic E-state index is 0.157. The lowest BCUT2D eigenvalue weighted by Crippen LogP contribution is -2.39. The molecular weight excluding hydrogens is 276 g/mol. The van der Waals surface area contributed by atoms with Crippen LogP contribution in [0.2, 0.25) is 0 Å². The van der Waals surface area contributed by atoms with Gasteiger partial charge in [-0.2, -0.15) is 0 Å². The summed E-state index contributed by atoms with van der Waals surface area (Å²) >= 11 is 0. The first-order chi connectivity index (χ1) is 10.8. The molecule has 3 saturated heterocycles. The molecule has 118 valence electrons. The van der Waals surface area contributed by atoms with Crippen LogP contribution in [0.25, 0.3) is 0 Å². The zero-order valence-electron chi connectivity index (χ0n) is 13.0. The lowest BCUT2D eigenvalue weighted by atomic mass is 10.1. The maximum Gasteiger partial charge on any atom is 0.257 e. The fourth-order valence-corrected chi connectivity index (χ4v) is 4.04. The highest BCUT2D eigenvalue weighted by atomic mass is 16.2. The average Bonchev–Trinajstić information content (AvgIpc) is 3.16. The smallest absolute Gasteiger partial charge is 0.257 e. The van der Waals surface area contributed by atoms with Crippen LogP contribution < -0.4 is 10.2 Å². The van der Waals surface area contributed by atoms with E-state index in [1.165, 1.54) is 25.7 Å². The third-order valence-corrected chi connectivity index (χ3v) is 5.23. The minimum Gasteiger partial charge on any atom is -0.356 e. The number of hydrogen-bond donors (Lipinski definition) is 1. The average molecular weight is 300 g/mol. The molecule has 0 saturated carbocycles. The predicted octanol–water partition coefficient (Wildman–Crippen LogP) is 1.65. The Hall–Kier alpha value is -1.62. The first-order valence-electron chi connectivity index (χ1n) is 8.56. The molecule has 2 bridgehead atoms. The van der Waals surface area contributed by atoms with Gasteiger partial charge in [-0.3, -0.25) is 4.79 Å². The Morgan fingerprint density at radius 3 is 2.82 bits per heavy atom. The van der Waals surface area contributed by atoms with Gasteiger partial charge in [0.05, 0.1) is 5.56 Å². The largest absolute Gasteiger partial charge is 0.356 e. The predicted molar refractivity (Wildman–Crippen MR) is 86.2 cm³/mol. The van der Waals surface area contributed by atoms with Crippen molar-refractivity contribution < 1.29 is 4.79 Å². The van der Waals surface area contributed by atoms with Crippen molar-refractivity contribution in [2.75, 3.05) is 31.1 Å². The summed E-state index contributed by atoms with van der Waals surface area (Å²) in [5.74, 6) is 1.04. The first-order valence-corrected chi connectivity index (χ1v) is 8.56. The van der Waals surface area contributed by atoms with Crippen molar-refractivity contribution in [2.45, 2.75) is 44.2 Å². The Balaban J connectivity index is 1.57. The molecular formula is C17H24N4O. The fourth-order valence-electron chi connectivity index (χ4n) is 4.04. The van der Waals surface area contributed by atoms with Crippen molar-refractivity contribution in [2.24, 2.45) is 0 Å². The van der Waals surface area contributed by atoms with Crippen molar-refractivity contribution in [3.8, 4) is 0 Å². The molecule has 1 aromatic heterocycles. The summed E-state index contributed by atoms with van der Waals surface area (Å²) in [5.41, 5.74) is 0.780. The summed E-state index contributed by atoms with van der Waals surface area (Å²) in [4.78, 5) is 21.8. The molecule has 4 rings (SSSR count). The number of nitrogens with zero attached hydrogens (tertiary/aromatic N) is 3. The molecule has 0 aromatic carbocycles. The standard InChI is InChI=1S/C17H24N4O/c22-17(21-11-7-13-5-6-14(12-21)19-13)15-4-3-8-18-16(15)20-9-1-2-10-20/h3-4,8,13-14,19H,1-2,5-7,9-12H2. The molecule has 22 heavy (non-hydrogen) atoms. The van der Waals surface area contributed by atoms with E-state index >= 15 is 0 Å². The van der Waals surface area contributed by atoms with Crippen LogP contribution in [0, 0.1) is 0 Å². The van der Waals surface area contributed by atoms with Gasteiger partial charge in [-0.25, -0.2) is 4.98 Å². The molecule has 0 aliphatic carbocycles. The van der Waals surface area contributed by atoms with E-state index in [1.807, 2.05) is 17.0 Å². The molecule has 1 aromatic rings. The number of aromatic nitrogens is 1. The Kier molecular flexibility index (Phi) is 3.74. The zero-order chi connectivity index (χ0) is 14.9. The number of likely N-dealkylation sites (tertiary alicyclic amines) is 1. The van der Waals surface area contributed by atoms with Gasteiger partial charge in [0.1, 0.15) is 5.82 Å². The molecule has 4 heterocycles. The van der Waals surface area contributed by atoms with Crippen LogP contribution in [0.1, 0.15) is 42.5 Å². The highest BCUT2D eigenvalue weighted by molar-refractivity contribution is 5.99. The highest BCUT2D eigenvalue weighted by Crippen LogP contribution is 2.26. The molecule has 3 aliphatic rings. The maximum absolute atomic E-state index is 13.0. The molecule has 5 heteroatoms. The van der Waals surface area contributed by atoms with Gasteiger partial charge in [0, 0.05) is 44.5 Å². The molecule has 3 fully saturated rings. The SMILES string of the molecule is O=C(c1cccnc1N1CCCC1)N1CCC2CCC(C1)N2. The van der Waals surface area contributed by atoms with Crippen LogP contribution in [0.5, 0.6) is 0 Å². The maximum atomic E-state index is 13.0. The number of carbonyl (C=O) groups is 1. The normalized spacial score (nSPS) is 28.0. The second-order valence-electron chi connectivity index (χ2n) is 6.75. The summed E-state index contributed by atoms with van der Waals surface area (Å²) in [5, 5.41) is 3.64. The summed E-state index contributed by atoms with van der Waals surface area (Å²) in [7, 11) is 0. The number of nitrogens with one attached hydrogen (secondary N) is 1. The van der Waals surface area contributed by atoms with Gasteiger partial charge in [-0.15, -0.1) is 0 Å². The van der Waals surface area contributed by atoms with Crippen LogP contribution in [0.4, 0.5) is 5.82 Å². The number of fused-ring (bicyclic) bond motifs is 2. The van der Waals surface area contributed by atoms with Gasteiger partial charge in [-0.05, 0) is 44.2 Å². The van der Waals surface area contributed by atoms with Gasteiger partial charge in [0.25, 0.3) is 5.91 Å². The third-order valence-electron chi connectivity index (χ3n) is 5.23. The number of hydrogen-bond acceptors (Lipinski definition) is 4. The van der Waals surface area contributed by atoms with Crippen molar-refractivity contribution in [3.63, 3.8) is 0 Å². The Morgan fingerprint density at radius 2 is 1.95 bits per heavy atom. The van der Waals surface area contributed by atoms with Gasteiger partial charge in [0.2, 0.25) is 0 Å². The second-order valence-corrected chi connectivity index (χ2v) is 6.75. The van der Waals surface area contributed by atoms with Crippen molar-refractivity contribution in [1.29, 1.82) is 0 Å². The third kappa shape index (κ3) is 2.58. The van der Waals surface area contributed by atoms with Crippen LogP contribution in [-0.4, -0.2) is 54.1 Å². The molecule has 0 radical (unpaired) electrons. The lowest BCUT2D eigenvalue weighted by molar-refractivity contribution is 0.0748. The van der Waals surface area contributed by atoms with E-state index in [1.54, 1.807) is 6.20 Å². The number of pyridine rings is 1. The summed E-state index contributed by atoms with van der Waals surface area (Å²) in [6.07, 6.45) is 7.72.